The molecule has 0 aliphatic carbocycles. The predicted molar refractivity (Wildman–Crippen MR) is 139 cm³/mol. The number of likely N-dealkylation sites (tertiary alicyclic amines) is 1. The normalized spacial score (nSPS) is 14.0. The standard InChI is InChI=1S/C30H14F15NSi/c31-13-16(34)22(40)28(23(41)17(13)35)47(29-24(42)18(36)14(32)19(37)25(29)43,30-26(44)20(38)15(33)21(39)27(30)45)10-12(46-8-4-5-9-46)11-6-2-1-3-7-11/h1-3,6-7,10H,4-5,8-9H2/b12-10-. The molecule has 0 radical (unpaired) electrons. The molecule has 4 aromatic rings. The molecule has 0 unspecified atom stereocenters. The highest BCUT2D eigenvalue weighted by Crippen LogP contribution is 2.32. The van der Waals surface area contributed by atoms with E-state index in [2.05, 4.69) is 0 Å². The van der Waals surface area contributed by atoms with Crippen LogP contribution in [-0.4, -0.2) is 26.1 Å². The van der Waals surface area contributed by atoms with Crippen molar-refractivity contribution in [1.82, 2.24) is 4.90 Å². The number of hydrogen-bond acceptors (Lipinski definition) is 1. The van der Waals surface area contributed by atoms with Crippen molar-refractivity contribution >= 4 is 29.3 Å². The van der Waals surface area contributed by atoms with E-state index < -0.39 is 117 Å². The average molecular weight is 702 g/mol. The van der Waals surface area contributed by atoms with Crippen LogP contribution in [0.1, 0.15) is 18.4 Å². The van der Waals surface area contributed by atoms with Gasteiger partial charge in [-0.05, 0) is 18.4 Å². The van der Waals surface area contributed by atoms with E-state index in [9.17, 15) is 39.5 Å². The zero-order chi connectivity index (χ0) is 34.7. The summed E-state index contributed by atoms with van der Waals surface area (Å²) >= 11 is 0. The van der Waals surface area contributed by atoms with Crippen LogP contribution in [0.15, 0.2) is 36.0 Å². The van der Waals surface area contributed by atoms with Crippen LogP contribution in [0, 0.1) is 87.3 Å². The summed E-state index contributed by atoms with van der Waals surface area (Å²) in [4.78, 5) is 1.20. The van der Waals surface area contributed by atoms with Crippen LogP contribution in [-0.2, 0) is 0 Å². The summed E-state index contributed by atoms with van der Waals surface area (Å²) in [6.07, 6.45) is 0.596. The maximum atomic E-state index is 15.8. The van der Waals surface area contributed by atoms with E-state index in [4.69, 9.17) is 0 Å². The summed E-state index contributed by atoms with van der Waals surface area (Å²) in [7, 11) is -7.16. The molecule has 0 aromatic heterocycles. The number of halogens is 15. The summed E-state index contributed by atoms with van der Waals surface area (Å²) in [5.41, 5.74) is -0.683. The monoisotopic (exact) mass is 701 g/mol. The molecule has 17 heteroatoms. The molecule has 0 saturated carbocycles. The van der Waals surface area contributed by atoms with Gasteiger partial charge in [-0.1, -0.05) is 36.0 Å². The fraction of sp³-hybridized carbons (Fsp3) is 0.133. The molecule has 47 heavy (non-hydrogen) atoms. The van der Waals surface area contributed by atoms with Gasteiger partial charge in [0.25, 0.3) is 0 Å². The van der Waals surface area contributed by atoms with Gasteiger partial charge >= 0.3 is 0 Å². The number of nitrogens with zero attached hydrogens (tertiary/aromatic N) is 1. The van der Waals surface area contributed by atoms with Crippen molar-refractivity contribution in [2.45, 2.75) is 12.8 Å². The first kappa shape index (κ1) is 33.9. The van der Waals surface area contributed by atoms with Crippen molar-refractivity contribution in [3.63, 3.8) is 0 Å². The molecule has 248 valence electrons. The molecule has 1 fully saturated rings. The van der Waals surface area contributed by atoms with E-state index in [0.717, 1.165) is 0 Å². The number of rotatable bonds is 6. The summed E-state index contributed by atoms with van der Waals surface area (Å²) in [5, 5.41) is -7.77. The van der Waals surface area contributed by atoms with Crippen molar-refractivity contribution in [2.24, 2.45) is 0 Å². The third-order valence-electron chi connectivity index (χ3n) is 7.68. The molecular formula is C30H14F15NSi. The van der Waals surface area contributed by atoms with Gasteiger partial charge in [-0.15, -0.1) is 0 Å². The second-order valence-corrected chi connectivity index (χ2v) is 13.6. The Morgan fingerprint density at radius 2 is 0.702 bits per heavy atom. The topological polar surface area (TPSA) is 3.24 Å². The van der Waals surface area contributed by atoms with Gasteiger partial charge in [-0.3, -0.25) is 0 Å². The zero-order valence-corrected chi connectivity index (χ0v) is 23.9. The maximum Gasteiger partial charge on any atom is 0.200 e. The molecular weight excluding hydrogens is 687 g/mol. The van der Waals surface area contributed by atoms with Crippen LogP contribution in [0.25, 0.3) is 5.70 Å². The minimum atomic E-state index is -7.16. The van der Waals surface area contributed by atoms with Crippen LogP contribution in [0.3, 0.4) is 0 Å². The lowest BCUT2D eigenvalue weighted by molar-refractivity contribution is 0.379. The van der Waals surface area contributed by atoms with Crippen LogP contribution >= 0.6 is 0 Å². The minimum Gasteiger partial charge on any atom is -0.372 e. The van der Waals surface area contributed by atoms with Gasteiger partial charge < -0.3 is 4.90 Å². The van der Waals surface area contributed by atoms with Gasteiger partial charge in [0.05, 0.1) is 0 Å². The molecule has 1 heterocycles. The molecule has 0 atom stereocenters. The van der Waals surface area contributed by atoms with Crippen molar-refractivity contribution in [1.29, 1.82) is 0 Å². The summed E-state index contributed by atoms with van der Waals surface area (Å²) in [6, 6.07) is 6.27. The number of hydrogen-bond donors (Lipinski definition) is 0. The third kappa shape index (κ3) is 5.05. The van der Waals surface area contributed by atoms with E-state index in [1.54, 1.807) is 0 Å². The molecule has 0 spiro atoms. The van der Waals surface area contributed by atoms with Gasteiger partial charge in [0.2, 0.25) is 17.5 Å². The highest BCUT2D eigenvalue weighted by Gasteiger charge is 2.55. The Morgan fingerprint density at radius 1 is 0.426 bits per heavy atom. The summed E-state index contributed by atoms with van der Waals surface area (Å²) < 4.78 is 227. The minimum absolute atomic E-state index is 0.0729. The maximum absolute atomic E-state index is 15.8. The number of benzene rings is 4. The third-order valence-corrected chi connectivity index (χ3v) is 12.1. The van der Waals surface area contributed by atoms with E-state index in [1.165, 1.54) is 35.2 Å². The molecule has 1 saturated heterocycles. The Bertz CT molecular complexity index is 1700. The van der Waals surface area contributed by atoms with E-state index in [-0.39, 0.29) is 24.4 Å². The summed E-state index contributed by atoms with van der Waals surface area (Å²) in [5.74, 6) is -45.0. The van der Waals surface area contributed by atoms with Gasteiger partial charge in [0.1, 0.15) is 0 Å². The van der Waals surface area contributed by atoms with E-state index in [1.807, 2.05) is 0 Å². The van der Waals surface area contributed by atoms with E-state index in [0.29, 0.717) is 12.8 Å². The predicted octanol–water partition coefficient (Wildman–Crippen LogP) is 6.92. The molecule has 5 rings (SSSR count). The molecule has 1 aliphatic rings. The molecule has 0 amide bonds. The molecule has 1 aliphatic heterocycles. The van der Waals surface area contributed by atoms with Gasteiger partial charge in [-0.25, -0.2) is 65.9 Å². The van der Waals surface area contributed by atoms with Gasteiger partial charge in [0.15, 0.2) is 77.9 Å². The van der Waals surface area contributed by atoms with Crippen LogP contribution in [0.4, 0.5) is 65.9 Å². The molecule has 1 nitrogen and oxygen atoms in total. The van der Waals surface area contributed by atoms with Crippen LogP contribution in [0.5, 0.6) is 0 Å². The quantitative estimate of drug-likeness (QED) is 0.0695. The zero-order valence-electron chi connectivity index (χ0n) is 22.9. The fourth-order valence-electron chi connectivity index (χ4n) is 5.57. The van der Waals surface area contributed by atoms with Crippen LogP contribution in [0.2, 0.25) is 0 Å². The van der Waals surface area contributed by atoms with Crippen molar-refractivity contribution in [3.8, 4) is 0 Å². The Hall–Kier alpha value is -4.41. The fourth-order valence-corrected chi connectivity index (χ4v) is 10.3. The largest absolute Gasteiger partial charge is 0.372 e. The second-order valence-electron chi connectivity index (χ2n) is 10.2. The Morgan fingerprint density at radius 3 is 1.00 bits per heavy atom. The lowest BCUT2D eigenvalue weighted by Gasteiger charge is -2.35. The van der Waals surface area contributed by atoms with Crippen molar-refractivity contribution < 1.29 is 65.9 Å². The van der Waals surface area contributed by atoms with Crippen LogP contribution < -0.4 is 15.6 Å². The van der Waals surface area contributed by atoms with Crippen molar-refractivity contribution in [2.75, 3.05) is 13.1 Å². The first-order valence-electron chi connectivity index (χ1n) is 13.2. The Labute approximate surface area is 255 Å². The smallest absolute Gasteiger partial charge is 0.200 e. The van der Waals surface area contributed by atoms with E-state index >= 15 is 26.3 Å². The Balaban J connectivity index is 2.23. The lowest BCUT2D eigenvalue weighted by atomic mass is 10.1. The lowest BCUT2D eigenvalue weighted by Crippen LogP contribution is -2.72. The molecule has 0 bridgehead atoms. The second kappa shape index (κ2) is 12.3. The SMILES string of the molecule is Fc1c(F)c(F)c([Si](/C=C(/c2ccccc2)N2CCCC2)(c2c(F)c(F)c(F)c(F)c2F)c2c(F)c(F)c(F)c(F)c2F)c(F)c1F. The van der Waals surface area contributed by atoms with Gasteiger partial charge in [0, 0.05) is 34.3 Å². The summed E-state index contributed by atoms with van der Waals surface area (Å²) in [6.45, 7) is -0.146. The first-order chi connectivity index (χ1) is 22.1. The van der Waals surface area contributed by atoms with Crippen molar-refractivity contribution in [3.05, 3.63) is 129 Å². The first-order valence-corrected chi connectivity index (χ1v) is 15.3. The average Bonchev–Trinajstić information content (AvgIpc) is 3.60. The molecule has 4 aromatic carbocycles. The Kier molecular flexibility index (Phi) is 8.89. The highest BCUT2D eigenvalue weighted by molar-refractivity contribution is 7.15. The molecule has 0 N–H and O–H groups in total. The van der Waals surface area contributed by atoms with Gasteiger partial charge in [-0.2, -0.15) is 0 Å². The highest BCUT2D eigenvalue weighted by atomic mass is 28.3.